The van der Waals surface area contributed by atoms with Gasteiger partial charge >= 0.3 is 0 Å². The van der Waals surface area contributed by atoms with E-state index in [1.807, 2.05) is 0 Å². The fourth-order valence-electron chi connectivity index (χ4n) is 2.53. The molecule has 1 heteroatoms. The summed E-state index contributed by atoms with van der Waals surface area (Å²) in [5.74, 6) is 0. The molecule has 0 aromatic heterocycles. The number of hydrogen-bond acceptors (Lipinski definition) is 1. The van der Waals surface area contributed by atoms with Gasteiger partial charge in [-0.1, -0.05) is 18.2 Å². The van der Waals surface area contributed by atoms with E-state index in [0.717, 1.165) is 6.42 Å². The van der Waals surface area contributed by atoms with Gasteiger partial charge in [0.1, 0.15) is 0 Å². The van der Waals surface area contributed by atoms with Crippen molar-refractivity contribution in [3.8, 4) is 0 Å². The zero-order chi connectivity index (χ0) is 11.6. The Morgan fingerprint density at radius 2 is 1.94 bits per heavy atom. The Morgan fingerprint density at radius 3 is 2.69 bits per heavy atom. The molecule has 1 aromatic rings. The Bertz CT molecular complexity index is 360. The molecule has 16 heavy (non-hydrogen) atoms. The molecular weight excluding hydrogens is 194 g/mol. The van der Waals surface area contributed by atoms with Gasteiger partial charge in [-0.15, -0.1) is 0 Å². The summed E-state index contributed by atoms with van der Waals surface area (Å²) in [6, 6.07) is 7.03. The number of fused-ring (bicyclic) bond motifs is 1. The van der Waals surface area contributed by atoms with Crippen LogP contribution in [-0.4, -0.2) is 5.54 Å². The molecule has 0 aliphatic heterocycles. The van der Waals surface area contributed by atoms with Crippen LogP contribution in [0, 0.1) is 0 Å². The van der Waals surface area contributed by atoms with E-state index in [9.17, 15) is 0 Å². The lowest BCUT2D eigenvalue weighted by Crippen LogP contribution is -2.31. The molecule has 0 saturated heterocycles. The summed E-state index contributed by atoms with van der Waals surface area (Å²) in [5.41, 5.74) is 10.6. The van der Waals surface area contributed by atoms with E-state index in [2.05, 4.69) is 32.0 Å². The fraction of sp³-hybridized carbons (Fsp3) is 0.600. The summed E-state index contributed by atoms with van der Waals surface area (Å²) in [6.07, 6.45) is 7.38. The Balaban J connectivity index is 1.91. The first-order chi connectivity index (χ1) is 7.54. The molecule has 2 N–H and O–H groups in total. The molecule has 0 unspecified atom stereocenters. The first kappa shape index (κ1) is 11.7. The van der Waals surface area contributed by atoms with Crippen molar-refractivity contribution in [2.45, 2.75) is 57.9 Å². The van der Waals surface area contributed by atoms with Gasteiger partial charge in [-0.25, -0.2) is 0 Å². The molecule has 0 radical (unpaired) electrons. The van der Waals surface area contributed by atoms with Crippen LogP contribution in [-0.2, 0) is 19.3 Å². The maximum absolute atomic E-state index is 5.99. The highest BCUT2D eigenvalue weighted by molar-refractivity contribution is 5.35. The van der Waals surface area contributed by atoms with Gasteiger partial charge in [-0.05, 0) is 69.1 Å². The quantitative estimate of drug-likeness (QED) is 0.823. The van der Waals surface area contributed by atoms with Crippen molar-refractivity contribution in [1.82, 2.24) is 0 Å². The second-order valence-electron chi connectivity index (χ2n) is 5.80. The number of aryl methyl sites for hydroxylation is 3. The lowest BCUT2D eigenvalue weighted by molar-refractivity contribution is 0.459. The molecule has 0 amide bonds. The average Bonchev–Trinajstić information content (AvgIpc) is 2.62. The second kappa shape index (κ2) is 4.58. The minimum atomic E-state index is -0.0171. The van der Waals surface area contributed by atoms with Crippen molar-refractivity contribution >= 4 is 0 Å². The molecule has 0 fully saturated rings. The fourth-order valence-corrected chi connectivity index (χ4v) is 2.53. The molecule has 1 nitrogen and oxygen atoms in total. The molecule has 0 bridgehead atoms. The van der Waals surface area contributed by atoms with Gasteiger partial charge in [-0.3, -0.25) is 0 Å². The smallest absolute Gasteiger partial charge is 0.00971 e. The van der Waals surface area contributed by atoms with Crippen LogP contribution in [0.4, 0.5) is 0 Å². The topological polar surface area (TPSA) is 26.0 Å². The van der Waals surface area contributed by atoms with Gasteiger partial charge in [0.25, 0.3) is 0 Å². The van der Waals surface area contributed by atoms with Crippen molar-refractivity contribution in [2.75, 3.05) is 0 Å². The van der Waals surface area contributed by atoms with Gasteiger partial charge in [0.05, 0.1) is 0 Å². The predicted molar refractivity (Wildman–Crippen MR) is 69.7 cm³/mol. The Morgan fingerprint density at radius 1 is 1.19 bits per heavy atom. The van der Waals surface area contributed by atoms with Gasteiger partial charge in [0.15, 0.2) is 0 Å². The molecular formula is C15H23N. The van der Waals surface area contributed by atoms with Crippen molar-refractivity contribution in [3.63, 3.8) is 0 Å². The van der Waals surface area contributed by atoms with E-state index in [-0.39, 0.29) is 5.54 Å². The van der Waals surface area contributed by atoms with E-state index >= 15 is 0 Å². The molecule has 2 rings (SSSR count). The highest BCUT2D eigenvalue weighted by Crippen LogP contribution is 2.23. The molecule has 0 spiro atoms. The summed E-state index contributed by atoms with van der Waals surface area (Å²) in [6.45, 7) is 4.21. The summed E-state index contributed by atoms with van der Waals surface area (Å²) in [7, 11) is 0. The van der Waals surface area contributed by atoms with E-state index < -0.39 is 0 Å². The summed E-state index contributed by atoms with van der Waals surface area (Å²) in [5, 5.41) is 0. The van der Waals surface area contributed by atoms with Crippen LogP contribution in [0.15, 0.2) is 18.2 Å². The third-order valence-corrected chi connectivity index (χ3v) is 3.45. The molecule has 0 atom stereocenters. The number of rotatable bonds is 4. The van der Waals surface area contributed by atoms with Crippen molar-refractivity contribution in [3.05, 3.63) is 34.9 Å². The predicted octanol–water partition coefficient (Wildman–Crippen LogP) is 3.24. The summed E-state index contributed by atoms with van der Waals surface area (Å²) >= 11 is 0. The Labute approximate surface area is 99.0 Å². The van der Waals surface area contributed by atoms with E-state index in [1.165, 1.54) is 37.7 Å². The maximum atomic E-state index is 5.99. The van der Waals surface area contributed by atoms with E-state index in [1.54, 1.807) is 11.1 Å². The third kappa shape index (κ3) is 3.08. The maximum Gasteiger partial charge on any atom is 0.00971 e. The molecule has 1 aromatic carbocycles. The van der Waals surface area contributed by atoms with Crippen molar-refractivity contribution in [2.24, 2.45) is 5.73 Å². The molecule has 0 heterocycles. The van der Waals surface area contributed by atoms with Crippen LogP contribution in [0.25, 0.3) is 0 Å². The van der Waals surface area contributed by atoms with Crippen LogP contribution in [0.5, 0.6) is 0 Å². The first-order valence-electron chi connectivity index (χ1n) is 6.44. The minimum absolute atomic E-state index is 0.0171. The van der Waals surface area contributed by atoms with Crippen LogP contribution in [0.1, 0.15) is 49.8 Å². The largest absolute Gasteiger partial charge is 0.326 e. The van der Waals surface area contributed by atoms with Gasteiger partial charge in [-0.2, -0.15) is 0 Å². The highest BCUT2D eigenvalue weighted by Gasteiger charge is 2.12. The number of nitrogens with two attached hydrogens (primary N) is 1. The lowest BCUT2D eigenvalue weighted by atomic mass is 9.96. The Kier molecular flexibility index (Phi) is 3.34. The van der Waals surface area contributed by atoms with Gasteiger partial charge < -0.3 is 5.73 Å². The zero-order valence-electron chi connectivity index (χ0n) is 10.6. The van der Waals surface area contributed by atoms with Crippen LogP contribution in [0.3, 0.4) is 0 Å². The van der Waals surface area contributed by atoms with E-state index in [4.69, 9.17) is 5.73 Å². The van der Waals surface area contributed by atoms with Crippen LogP contribution in [0.2, 0.25) is 0 Å². The average molecular weight is 217 g/mol. The minimum Gasteiger partial charge on any atom is -0.326 e. The molecule has 88 valence electrons. The zero-order valence-corrected chi connectivity index (χ0v) is 10.6. The number of benzene rings is 1. The molecule has 1 aliphatic rings. The summed E-state index contributed by atoms with van der Waals surface area (Å²) < 4.78 is 0. The van der Waals surface area contributed by atoms with Crippen LogP contribution < -0.4 is 5.73 Å². The van der Waals surface area contributed by atoms with Gasteiger partial charge in [0.2, 0.25) is 0 Å². The standard InChI is InChI=1S/C15H23N/c1-15(2,16)10-4-5-12-8-9-13-6-3-7-14(13)11-12/h8-9,11H,3-7,10,16H2,1-2H3. The normalized spacial score (nSPS) is 15.2. The van der Waals surface area contributed by atoms with Gasteiger partial charge in [0, 0.05) is 5.54 Å². The van der Waals surface area contributed by atoms with Crippen molar-refractivity contribution < 1.29 is 0 Å². The van der Waals surface area contributed by atoms with E-state index in [0.29, 0.717) is 0 Å². The second-order valence-corrected chi connectivity index (χ2v) is 5.80. The number of hydrogen-bond donors (Lipinski definition) is 1. The Hall–Kier alpha value is -0.820. The SMILES string of the molecule is CC(C)(N)CCCc1ccc2c(c1)CCC2. The van der Waals surface area contributed by atoms with Crippen molar-refractivity contribution in [1.29, 1.82) is 0 Å². The molecule has 1 aliphatic carbocycles. The third-order valence-electron chi connectivity index (χ3n) is 3.45. The monoisotopic (exact) mass is 217 g/mol. The summed E-state index contributed by atoms with van der Waals surface area (Å²) in [4.78, 5) is 0. The van der Waals surface area contributed by atoms with Crippen LogP contribution >= 0.6 is 0 Å². The molecule has 0 saturated carbocycles. The highest BCUT2D eigenvalue weighted by atomic mass is 14.7. The lowest BCUT2D eigenvalue weighted by Gasteiger charge is -2.17. The first-order valence-corrected chi connectivity index (χ1v) is 6.44.